The van der Waals surface area contributed by atoms with Crippen LogP contribution in [-0.2, 0) is 0 Å². The number of piperidine rings is 2. The van der Waals surface area contributed by atoms with E-state index in [4.69, 9.17) is 0 Å². The summed E-state index contributed by atoms with van der Waals surface area (Å²) in [6.45, 7) is 8.34. The second-order valence-corrected chi connectivity index (χ2v) is 8.12. The fourth-order valence-corrected chi connectivity index (χ4v) is 4.80. The molecule has 0 bridgehead atoms. The summed E-state index contributed by atoms with van der Waals surface area (Å²) in [6.07, 6.45) is 5.15. The van der Waals surface area contributed by atoms with Crippen molar-refractivity contribution >= 4 is 11.4 Å². The number of anilines is 1. The van der Waals surface area contributed by atoms with Gasteiger partial charge in [0.15, 0.2) is 0 Å². The molecular formula is C19H28N4O2. The second-order valence-electron chi connectivity index (χ2n) is 8.12. The second kappa shape index (κ2) is 6.92. The Balaban J connectivity index is 1.25. The summed E-state index contributed by atoms with van der Waals surface area (Å²) >= 11 is 0. The predicted octanol–water partition coefficient (Wildman–Crippen LogP) is 2.50. The van der Waals surface area contributed by atoms with E-state index in [0.29, 0.717) is 5.41 Å². The Bertz CT molecular complexity index is 596. The first-order valence-electron chi connectivity index (χ1n) is 9.56. The van der Waals surface area contributed by atoms with Crippen molar-refractivity contribution in [3.05, 3.63) is 34.4 Å². The first-order valence-corrected chi connectivity index (χ1v) is 9.56. The highest BCUT2D eigenvalue weighted by Crippen LogP contribution is 2.42. The molecule has 0 amide bonds. The Hall–Kier alpha value is -1.66. The van der Waals surface area contributed by atoms with Crippen LogP contribution >= 0.6 is 0 Å². The lowest BCUT2D eigenvalue weighted by atomic mass is 9.71. The predicted molar refractivity (Wildman–Crippen MR) is 99.0 cm³/mol. The van der Waals surface area contributed by atoms with Gasteiger partial charge in [-0.2, -0.15) is 0 Å². The van der Waals surface area contributed by atoms with Gasteiger partial charge in [0.1, 0.15) is 0 Å². The van der Waals surface area contributed by atoms with E-state index in [1.54, 1.807) is 12.1 Å². The van der Waals surface area contributed by atoms with Crippen LogP contribution in [0, 0.1) is 21.4 Å². The van der Waals surface area contributed by atoms with Gasteiger partial charge in [0.05, 0.1) is 4.92 Å². The molecule has 3 saturated heterocycles. The minimum atomic E-state index is -0.333. The molecule has 1 spiro atoms. The summed E-state index contributed by atoms with van der Waals surface area (Å²) in [5, 5.41) is 14.2. The van der Waals surface area contributed by atoms with Crippen LogP contribution in [0.3, 0.4) is 0 Å². The van der Waals surface area contributed by atoms with E-state index in [1.165, 1.54) is 58.4 Å². The normalized spacial score (nSPS) is 24.2. The standard InChI is InChI=1S/C19H28N4O2/c24-23(25)18-3-1-17(2-4-18)22-11-7-19(8-12-22)14-21(15-19)13-16-5-9-20-10-6-16/h1-4,16,20H,5-15H2. The van der Waals surface area contributed by atoms with Gasteiger partial charge < -0.3 is 15.1 Å². The third kappa shape index (κ3) is 3.65. The van der Waals surface area contributed by atoms with Gasteiger partial charge in [-0.05, 0) is 62.2 Å². The Morgan fingerprint density at radius 2 is 1.76 bits per heavy atom. The van der Waals surface area contributed by atoms with Crippen LogP contribution in [0.5, 0.6) is 0 Å². The smallest absolute Gasteiger partial charge is 0.269 e. The molecule has 3 aliphatic rings. The van der Waals surface area contributed by atoms with Gasteiger partial charge in [-0.25, -0.2) is 0 Å². The lowest BCUT2D eigenvalue weighted by Gasteiger charge is -2.55. The average molecular weight is 344 g/mol. The highest BCUT2D eigenvalue weighted by molar-refractivity contribution is 5.51. The summed E-state index contributed by atoms with van der Waals surface area (Å²) in [4.78, 5) is 15.5. The first kappa shape index (κ1) is 16.8. The molecule has 1 aromatic rings. The zero-order chi connectivity index (χ0) is 17.3. The maximum absolute atomic E-state index is 10.8. The lowest BCUT2D eigenvalue weighted by Crippen LogP contribution is -2.61. The highest BCUT2D eigenvalue weighted by Gasteiger charge is 2.45. The van der Waals surface area contributed by atoms with E-state index in [9.17, 15) is 10.1 Å². The summed E-state index contributed by atoms with van der Waals surface area (Å²) in [7, 11) is 0. The molecule has 4 rings (SSSR count). The number of nitro groups is 1. The maximum Gasteiger partial charge on any atom is 0.269 e. The van der Waals surface area contributed by atoms with Gasteiger partial charge in [-0.1, -0.05) is 0 Å². The maximum atomic E-state index is 10.8. The lowest BCUT2D eigenvalue weighted by molar-refractivity contribution is -0.384. The molecule has 6 heteroatoms. The molecule has 3 aliphatic heterocycles. The number of hydrogen-bond donors (Lipinski definition) is 1. The molecule has 0 aliphatic carbocycles. The number of hydrogen-bond acceptors (Lipinski definition) is 5. The van der Waals surface area contributed by atoms with Gasteiger partial charge in [-0.15, -0.1) is 0 Å². The van der Waals surface area contributed by atoms with Crippen molar-refractivity contribution in [2.24, 2.45) is 11.3 Å². The Labute approximate surface area is 149 Å². The Morgan fingerprint density at radius 3 is 2.36 bits per heavy atom. The fraction of sp³-hybridized carbons (Fsp3) is 0.684. The average Bonchev–Trinajstić information content (AvgIpc) is 2.62. The van der Waals surface area contributed by atoms with Crippen LogP contribution in [0.15, 0.2) is 24.3 Å². The zero-order valence-corrected chi connectivity index (χ0v) is 14.8. The van der Waals surface area contributed by atoms with Gasteiger partial charge in [0.2, 0.25) is 0 Å². The van der Waals surface area contributed by atoms with Gasteiger partial charge >= 0.3 is 0 Å². The minimum Gasteiger partial charge on any atom is -0.371 e. The van der Waals surface area contributed by atoms with E-state index in [1.807, 2.05) is 12.1 Å². The Kier molecular flexibility index (Phi) is 4.65. The van der Waals surface area contributed by atoms with Crippen molar-refractivity contribution in [3.63, 3.8) is 0 Å². The molecule has 1 N–H and O–H groups in total. The van der Waals surface area contributed by atoms with Crippen molar-refractivity contribution in [1.82, 2.24) is 10.2 Å². The van der Waals surface area contributed by atoms with Crippen molar-refractivity contribution < 1.29 is 4.92 Å². The number of nitrogens with one attached hydrogen (secondary N) is 1. The fourth-order valence-electron chi connectivity index (χ4n) is 4.80. The van der Waals surface area contributed by atoms with E-state index < -0.39 is 0 Å². The third-order valence-electron chi connectivity index (χ3n) is 6.34. The van der Waals surface area contributed by atoms with Crippen molar-refractivity contribution in [2.45, 2.75) is 25.7 Å². The summed E-state index contributed by atoms with van der Waals surface area (Å²) in [6, 6.07) is 7.01. The molecule has 0 atom stereocenters. The largest absolute Gasteiger partial charge is 0.371 e. The number of rotatable bonds is 4. The quantitative estimate of drug-likeness (QED) is 0.672. The van der Waals surface area contributed by atoms with E-state index in [-0.39, 0.29) is 10.6 Å². The van der Waals surface area contributed by atoms with E-state index in [0.717, 1.165) is 24.7 Å². The van der Waals surface area contributed by atoms with Crippen LogP contribution in [0.25, 0.3) is 0 Å². The summed E-state index contributed by atoms with van der Waals surface area (Å²) in [5.74, 6) is 0.888. The molecule has 0 unspecified atom stereocenters. The molecule has 1 aromatic carbocycles. The molecular weight excluding hydrogens is 316 g/mol. The Morgan fingerprint density at radius 1 is 1.12 bits per heavy atom. The van der Waals surface area contributed by atoms with Gasteiger partial charge in [0.25, 0.3) is 5.69 Å². The molecule has 0 saturated carbocycles. The monoisotopic (exact) mass is 344 g/mol. The van der Waals surface area contributed by atoms with Gasteiger partial charge in [0, 0.05) is 50.5 Å². The summed E-state index contributed by atoms with van der Waals surface area (Å²) < 4.78 is 0. The SMILES string of the molecule is O=[N+]([O-])c1ccc(N2CCC3(CC2)CN(CC2CCNCC2)C3)cc1. The van der Waals surface area contributed by atoms with Crippen LogP contribution in [0.1, 0.15) is 25.7 Å². The molecule has 136 valence electrons. The molecule has 0 aromatic heterocycles. The number of benzene rings is 1. The topological polar surface area (TPSA) is 61.7 Å². The molecule has 3 heterocycles. The van der Waals surface area contributed by atoms with Crippen molar-refractivity contribution in [1.29, 1.82) is 0 Å². The highest BCUT2D eigenvalue weighted by atomic mass is 16.6. The van der Waals surface area contributed by atoms with E-state index in [2.05, 4.69) is 15.1 Å². The third-order valence-corrected chi connectivity index (χ3v) is 6.34. The molecule has 0 radical (unpaired) electrons. The summed E-state index contributed by atoms with van der Waals surface area (Å²) in [5.41, 5.74) is 1.82. The number of likely N-dealkylation sites (tertiary alicyclic amines) is 1. The van der Waals surface area contributed by atoms with Crippen LogP contribution in [0.4, 0.5) is 11.4 Å². The van der Waals surface area contributed by atoms with Crippen molar-refractivity contribution in [2.75, 3.05) is 50.7 Å². The number of non-ortho nitro benzene ring substituents is 1. The molecule has 6 nitrogen and oxygen atoms in total. The van der Waals surface area contributed by atoms with Crippen LogP contribution in [0.2, 0.25) is 0 Å². The van der Waals surface area contributed by atoms with Gasteiger partial charge in [-0.3, -0.25) is 10.1 Å². The zero-order valence-electron chi connectivity index (χ0n) is 14.8. The van der Waals surface area contributed by atoms with Crippen molar-refractivity contribution in [3.8, 4) is 0 Å². The van der Waals surface area contributed by atoms with Crippen LogP contribution in [-0.4, -0.2) is 55.6 Å². The van der Waals surface area contributed by atoms with Crippen LogP contribution < -0.4 is 10.2 Å². The molecule has 3 fully saturated rings. The minimum absolute atomic E-state index is 0.171. The number of nitrogens with zero attached hydrogens (tertiary/aromatic N) is 3. The first-order chi connectivity index (χ1) is 12.1. The van der Waals surface area contributed by atoms with E-state index >= 15 is 0 Å². The molecule has 25 heavy (non-hydrogen) atoms. The number of nitro benzene ring substituents is 1.